The molecule has 118 valence electrons. The van der Waals surface area contributed by atoms with Crippen molar-refractivity contribution in [1.82, 2.24) is 4.90 Å². The fourth-order valence-corrected chi connectivity index (χ4v) is 2.99. The lowest BCUT2D eigenvalue weighted by atomic mass is 10.1. The molecule has 0 atom stereocenters. The van der Waals surface area contributed by atoms with Crippen LogP contribution in [0.15, 0.2) is 29.7 Å². The van der Waals surface area contributed by atoms with Crippen molar-refractivity contribution in [1.29, 1.82) is 0 Å². The van der Waals surface area contributed by atoms with Crippen molar-refractivity contribution < 1.29 is 24.0 Å². The predicted molar refractivity (Wildman–Crippen MR) is 82.1 cm³/mol. The van der Waals surface area contributed by atoms with Gasteiger partial charge in [0.1, 0.15) is 0 Å². The highest BCUT2D eigenvalue weighted by atomic mass is 32.2. The van der Waals surface area contributed by atoms with Gasteiger partial charge in [-0.25, -0.2) is 0 Å². The number of ether oxygens (including phenoxy) is 2. The monoisotopic (exact) mass is 334 g/mol. The summed E-state index contributed by atoms with van der Waals surface area (Å²) in [6.45, 7) is 3.55. The zero-order chi connectivity index (χ0) is 16.6. The Balaban J connectivity index is 2.02. The number of fused-ring (bicyclic) bond motifs is 1. The molecule has 1 aromatic carbocycles. The summed E-state index contributed by atoms with van der Waals surface area (Å²) in [7, 11) is 0. The third-order valence-electron chi connectivity index (χ3n) is 3.19. The first-order valence-corrected chi connectivity index (χ1v) is 7.27. The topological polar surface area (TPSA) is 99.0 Å². The molecular formula is C14H10N2O6S. The minimum atomic E-state index is -0.582. The average Bonchev–Trinajstić information content (AvgIpc) is 3.06. The highest BCUT2D eigenvalue weighted by Crippen LogP contribution is 2.40. The van der Waals surface area contributed by atoms with Crippen LogP contribution >= 0.6 is 11.8 Å². The predicted octanol–water partition coefficient (Wildman–Crippen LogP) is 2.55. The van der Waals surface area contributed by atoms with E-state index in [0.29, 0.717) is 5.75 Å². The maximum Gasteiger partial charge on any atom is 0.293 e. The fourth-order valence-electron chi connectivity index (χ4n) is 2.15. The van der Waals surface area contributed by atoms with Gasteiger partial charge < -0.3 is 9.47 Å². The number of benzene rings is 1. The number of nitro groups is 1. The number of nitro benzene ring substituents is 1. The molecule has 1 fully saturated rings. The SMILES string of the molecule is C=CCN1C(=O)S/C(=C/c2cc3c(cc2[N+](=O)[O-])OCO3)C1=O. The van der Waals surface area contributed by atoms with Gasteiger partial charge in [-0.1, -0.05) is 6.08 Å². The molecule has 23 heavy (non-hydrogen) atoms. The highest BCUT2D eigenvalue weighted by Gasteiger charge is 2.35. The molecule has 1 saturated heterocycles. The van der Waals surface area contributed by atoms with E-state index >= 15 is 0 Å². The second kappa shape index (κ2) is 5.76. The zero-order valence-electron chi connectivity index (χ0n) is 11.7. The summed E-state index contributed by atoms with van der Waals surface area (Å²) in [5.74, 6) is 0.118. The molecule has 0 radical (unpaired) electrons. The molecule has 2 aliphatic rings. The molecule has 1 aromatic rings. The summed E-state index contributed by atoms with van der Waals surface area (Å²) in [4.78, 5) is 35.7. The minimum absolute atomic E-state index is 0.0220. The molecule has 2 heterocycles. The highest BCUT2D eigenvalue weighted by molar-refractivity contribution is 8.18. The van der Waals surface area contributed by atoms with E-state index in [9.17, 15) is 19.7 Å². The quantitative estimate of drug-likeness (QED) is 0.361. The van der Waals surface area contributed by atoms with Crippen LogP contribution in [0, 0.1) is 10.1 Å². The van der Waals surface area contributed by atoms with Crippen molar-refractivity contribution >= 4 is 34.7 Å². The molecule has 0 aliphatic carbocycles. The van der Waals surface area contributed by atoms with Gasteiger partial charge in [0.2, 0.25) is 6.79 Å². The Morgan fingerprint density at radius 3 is 2.70 bits per heavy atom. The Bertz CT molecular complexity index is 773. The Morgan fingerprint density at radius 1 is 1.35 bits per heavy atom. The molecule has 0 N–H and O–H groups in total. The van der Waals surface area contributed by atoms with E-state index in [1.54, 1.807) is 0 Å². The molecule has 3 rings (SSSR count). The van der Waals surface area contributed by atoms with Crippen LogP contribution < -0.4 is 9.47 Å². The van der Waals surface area contributed by atoms with Crippen LogP contribution in [0.25, 0.3) is 6.08 Å². The zero-order valence-corrected chi connectivity index (χ0v) is 12.5. The van der Waals surface area contributed by atoms with E-state index in [1.165, 1.54) is 24.3 Å². The second-order valence-corrected chi connectivity index (χ2v) is 5.60. The van der Waals surface area contributed by atoms with Crippen molar-refractivity contribution in [3.05, 3.63) is 45.4 Å². The number of hydrogen-bond acceptors (Lipinski definition) is 7. The van der Waals surface area contributed by atoms with Crippen LogP contribution in [0.3, 0.4) is 0 Å². The smallest absolute Gasteiger partial charge is 0.293 e. The average molecular weight is 334 g/mol. The van der Waals surface area contributed by atoms with Crippen LogP contribution in [0.1, 0.15) is 5.56 Å². The molecule has 0 aromatic heterocycles. The van der Waals surface area contributed by atoms with Gasteiger partial charge in [0.15, 0.2) is 11.5 Å². The van der Waals surface area contributed by atoms with E-state index in [2.05, 4.69) is 6.58 Å². The molecule has 0 saturated carbocycles. The lowest BCUT2D eigenvalue weighted by Crippen LogP contribution is -2.27. The Hall–Kier alpha value is -2.81. The summed E-state index contributed by atoms with van der Waals surface area (Å²) in [6, 6.07) is 2.66. The molecule has 0 bridgehead atoms. The number of carbonyl (C=O) groups is 2. The van der Waals surface area contributed by atoms with Crippen molar-refractivity contribution in [2.75, 3.05) is 13.3 Å². The number of amides is 2. The van der Waals surface area contributed by atoms with Gasteiger partial charge in [-0.05, 0) is 23.9 Å². The summed E-state index contributed by atoms with van der Waals surface area (Å²) >= 11 is 0.726. The van der Waals surface area contributed by atoms with Gasteiger partial charge in [0.25, 0.3) is 16.8 Å². The van der Waals surface area contributed by atoms with Crippen LogP contribution in [-0.4, -0.2) is 34.3 Å². The third-order valence-corrected chi connectivity index (χ3v) is 4.10. The van der Waals surface area contributed by atoms with Gasteiger partial charge >= 0.3 is 0 Å². The summed E-state index contributed by atoms with van der Waals surface area (Å²) in [6.07, 6.45) is 2.75. The summed E-state index contributed by atoms with van der Waals surface area (Å²) in [5, 5.41) is 10.8. The van der Waals surface area contributed by atoms with E-state index in [1.807, 2.05) is 0 Å². The molecule has 2 aliphatic heterocycles. The van der Waals surface area contributed by atoms with Gasteiger partial charge in [-0.2, -0.15) is 0 Å². The first-order chi connectivity index (χ1) is 11.0. The van der Waals surface area contributed by atoms with E-state index in [4.69, 9.17) is 9.47 Å². The van der Waals surface area contributed by atoms with Gasteiger partial charge in [-0.15, -0.1) is 6.58 Å². The van der Waals surface area contributed by atoms with E-state index in [0.717, 1.165) is 16.7 Å². The first-order valence-electron chi connectivity index (χ1n) is 6.45. The molecule has 2 amide bonds. The lowest BCUT2D eigenvalue weighted by molar-refractivity contribution is -0.385. The molecular weight excluding hydrogens is 324 g/mol. The van der Waals surface area contributed by atoms with Crippen molar-refractivity contribution in [3.63, 3.8) is 0 Å². The third kappa shape index (κ3) is 2.66. The minimum Gasteiger partial charge on any atom is -0.454 e. The maximum absolute atomic E-state index is 12.2. The lowest BCUT2D eigenvalue weighted by Gasteiger charge is -2.07. The molecule has 0 unspecified atom stereocenters. The van der Waals surface area contributed by atoms with Crippen LogP contribution in [-0.2, 0) is 4.79 Å². The maximum atomic E-state index is 12.2. The standard InChI is InChI=1S/C14H10N2O6S/c1-2-3-15-13(17)12(23-14(15)18)5-8-4-10-11(22-7-21-10)6-9(8)16(19)20/h2,4-6H,1,3,7H2/b12-5+. The van der Waals surface area contributed by atoms with E-state index < -0.39 is 16.1 Å². The fraction of sp³-hybridized carbons (Fsp3) is 0.143. The summed E-state index contributed by atoms with van der Waals surface area (Å²) < 4.78 is 10.3. The van der Waals surface area contributed by atoms with Gasteiger partial charge in [0.05, 0.1) is 21.5 Å². The number of carbonyl (C=O) groups excluding carboxylic acids is 2. The molecule has 0 spiro atoms. The van der Waals surface area contributed by atoms with Crippen molar-refractivity contribution in [2.45, 2.75) is 0 Å². The largest absolute Gasteiger partial charge is 0.454 e. The van der Waals surface area contributed by atoms with Gasteiger partial charge in [0, 0.05) is 6.54 Å². The molecule has 9 heteroatoms. The molecule has 8 nitrogen and oxygen atoms in total. The normalized spacial score (nSPS) is 17.9. The van der Waals surface area contributed by atoms with Gasteiger partial charge in [-0.3, -0.25) is 24.6 Å². The second-order valence-electron chi connectivity index (χ2n) is 4.60. The van der Waals surface area contributed by atoms with Crippen molar-refractivity contribution in [2.24, 2.45) is 0 Å². The number of hydrogen-bond donors (Lipinski definition) is 0. The first kappa shape index (κ1) is 15.1. The number of nitrogens with zero attached hydrogens (tertiary/aromatic N) is 2. The summed E-state index contributed by atoms with van der Waals surface area (Å²) in [5.41, 5.74) is -0.0619. The van der Waals surface area contributed by atoms with Crippen LogP contribution in [0.2, 0.25) is 0 Å². The van der Waals surface area contributed by atoms with Crippen molar-refractivity contribution in [3.8, 4) is 11.5 Å². The number of thioether (sulfide) groups is 1. The Morgan fingerprint density at radius 2 is 2.04 bits per heavy atom. The Kier molecular flexibility index (Phi) is 3.78. The van der Waals surface area contributed by atoms with Crippen LogP contribution in [0.4, 0.5) is 10.5 Å². The van der Waals surface area contributed by atoms with Crippen LogP contribution in [0.5, 0.6) is 11.5 Å². The van der Waals surface area contributed by atoms with E-state index in [-0.39, 0.29) is 35.2 Å². The number of imide groups is 1. The number of rotatable bonds is 4. The Labute approximate surface area is 134 Å².